The van der Waals surface area contributed by atoms with Gasteiger partial charge in [-0.2, -0.15) is 5.26 Å². The van der Waals surface area contributed by atoms with E-state index >= 15 is 0 Å². The summed E-state index contributed by atoms with van der Waals surface area (Å²) in [5, 5.41) is 11.7. The zero-order valence-corrected chi connectivity index (χ0v) is 15.7. The summed E-state index contributed by atoms with van der Waals surface area (Å²) in [6, 6.07) is 7.86. The maximum absolute atomic E-state index is 12.9. The first-order chi connectivity index (χ1) is 12.1. The Bertz CT molecular complexity index is 773. The Hall–Kier alpha value is -2.88. The zero-order valence-electron chi connectivity index (χ0n) is 15.7. The molecule has 0 radical (unpaired) electrons. The molecule has 1 aliphatic heterocycles. The number of hydrogen-bond donors (Lipinski definition) is 1. The first-order valence-corrected chi connectivity index (χ1v) is 8.57. The second-order valence-corrected chi connectivity index (χ2v) is 7.13. The van der Waals surface area contributed by atoms with Crippen molar-refractivity contribution in [1.29, 1.82) is 5.26 Å². The van der Waals surface area contributed by atoms with Crippen molar-refractivity contribution in [2.24, 2.45) is 0 Å². The lowest BCUT2D eigenvalue weighted by Gasteiger charge is -2.32. The molecule has 1 saturated heterocycles. The van der Waals surface area contributed by atoms with Crippen LogP contribution in [0.2, 0.25) is 0 Å². The molecule has 7 nitrogen and oxygen atoms in total. The molecule has 0 bridgehead atoms. The minimum Gasteiger partial charge on any atom is -0.336 e. The third-order valence-corrected chi connectivity index (χ3v) is 4.54. The van der Waals surface area contributed by atoms with Crippen molar-refractivity contribution in [2.45, 2.75) is 52.2 Å². The summed E-state index contributed by atoms with van der Waals surface area (Å²) in [4.78, 5) is 40.5. The number of hydrogen-bond acceptors (Lipinski definition) is 4. The number of urea groups is 1. The van der Waals surface area contributed by atoms with E-state index in [0.29, 0.717) is 11.1 Å². The number of rotatable bonds is 5. The summed E-state index contributed by atoms with van der Waals surface area (Å²) < 4.78 is 0. The van der Waals surface area contributed by atoms with E-state index in [1.54, 1.807) is 36.1 Å². The summed E-state index contributed by atoms with van der Waals surface area (Å²) >= 11 is 0. The van der Waals surface area contributed by atoms with E-state index in [2.05, 4.69) is 5.32 Å². The average molecular weight is 356 g/mol. The molecule has 1 aromatic rings. The highest BCUT2D eigenvalue weighted by Crippen LogP contribution is 2.29. The summed E-state index contributed by atoms with van der Waals surface area (Å²) in [6.45, 7) is 8.83. The fraction of sp³-hybridized carbons (Fsp3) is 0.474. The number of nitrogens with one attached hydrogen (secondary N) is 1. The highest BCUT2D eigenvalue weighted by atomic mass is 16.2. The molecule has 1 aromatic carbocycles. The van der Waals surface area contributed by atoms with Crippen LogP contribution in [-0.4, -0.2) is 46.3 Å². The van der Waals surface area contributed by atoms with E-state index in [1.807, 2.05) is 33.8 Å². The number of nitriles is 1. The maximum Gasteiger partial charge on any atom is 0.325 e. The molecule has 1 heterocycles. The van der Waals surface area contributed by atoms with Crippen molar-refractivity contribution in [3.8, 4) is 6.07 Å². The van der Waals surface area contributed by atoms with Crippen molar-refractivity contribution in [3.05, 3.63) is 35.4 Å². The van der Waals surface area contributed by atoms with Crippen LogP contribution in [-0.2, 0) is 15.1 Å². The van der Waals surface area contributed by atoms with Crippen molar-refractivity contribution < 1.29 is 14.4 Å². The van der Waals surface area contributed by atoms with Crippen LogP contribution in [0.1, 0.15) is 45.7 Å². The molecule has 1 atom stereocenters. The van der Waals surface area contributed by atoms with E-state index in [9.17, 15) is 14.4 Å². The molecule has 1 N–H and O–H groups in total. The summed E-state index contributed by atoms with van der Waals surface area (Å²) in [5.74, 6) is -0.785. The quantitative estimate of drug-likeness (QED) is 0.816. The Balaban J connectivity index is 2.28. The van der Waals surface area contributed by atoms with Crippen LogP contribution in [0.4, 0.5) is 4.79 Å². The SMILES string of the molecule is CC(C)N(C(=O)CN1C(=O)N[C@@](C)(c2cccc(C#N)c2)C1=O)C(C)C. The van der Waals surface area contributed by atoms with Gasteiger partial charge in [0.25, 0.3) is 5.91 Å². The van der Waals surface area contributed by atoms with Crippen LogP contribution >= 0.6 is 0 Å². The lowest BCUT2D eigenvalue weighted by atomic mass is 9.91. The molecule has 2 rings (SSSR count). The summed E-state index contributed by atoms with van der Waals surface area (Å²) in [5.41, 5.74) is -0.398. The van der Waals surface area contributed by atoms with Gasteiger partial charge in [-0.3, -0.25) is 14.5 Å². The Morgan fingerprint density at radius 2 is 1.88 bits per heavy atom. The van der Waals surface area contributed by atoms with E-state index in [4.69, 9.17) is 5.26 Å². The average Bonchev–Trinajstić information content (AvgIpc) is 2.78. The number of carbonyl (C=O) groups excluding carboxylic acids is 3. The smallest absolute Gasteiger partial charge is 0.325 e. The standard InChI is InChI=1S/C19H24N4O3/c1-12(2)23(13(3)4)16(24)11-22-17(25)19(5,21-18(22)26)15-8-6-7-14(9-15)10-20/h6-9,12-13H,11H2,1-5H3,(H,21,26)/t19-/m0/s1. The van der Waals surface area contributed by atoms with E-state index in [-0.39, 0.29) is 24.5 Å². The highest BCUT2D eigenvalue weighted by molar-refractivity contribution is 6.09. The number of imide groups is 1. The normalized spacial score (nSPS) is 19.7. The van der Waals surface area contributed by atoms with E-state index in [0.717, 1.165) is 4.90 Å². The fourth-order valence-corrected chi connectivity index (χ4v) is 3.33. The highest BCUT2D eigenvalue weighted by Gasteiger charge is 2.49. The molecule has 138 valence electrons. The second kappa shape index (κ2) is 7.16. The fourth-order valence-electron chi connectivity index (χ4n) is 3.33. The first kappa shape index (κ1) is 19.4. The monoisotopic (exact) mass is 356 g/mol. The van der Waals surface area contributed by atoms with Gasteiger partial charge in [0.05, 0.1) is 11.6 Å². The van der Waals surface area contributed by atoms with Crippen LogP contribution in [0.5, 0.6) is 0 Å². The number of amides is 4. The van der Waals surface area contributed by atoms with Crippen LogP contribution in [0.3, 0.4) is 0 Å². The third kappa shape index (κ3) is 3.40. The molecular formula is C19H24N4O3. The number of carbonyl (C=O) groups is 3. The van der Waals surface area contributed by atoms with Crippen LogP contribution in [0.15, 0.2) is 24.3 Å². The van der Waals surface area contributed by atoms with Gasteiger partial charge in [0.1, 0.15) is 12.1 Å². The van der Waals surface area contributed by atoms with Crippen molar-refractivity contribution in [3.63, 3.8) is 0 Å². The Morgan fingerprint density at radius 3 is 2.42 bits per heavy atom. The van der Waals surface area contributed by atoms with Crippen molar-refractivity contribution in [1.82, 2.24) is 15.1 Å². The minimum atomic E-state index is -1.30. The molecule has 0 aromatic heterocycles. The van der Waals surface area contributed by atoms with Gasteiger partial charge < -0.3 is 10.2 Å². The molecule has 0 aliphatic carbocycles. The number of nitrogens with zero attached hydrogens (tertiary/aromatic N) is 3. The van der Waals surface area contributed by atoms with Crippen LogP contribution in [0, 0.1) is 11.3 Å². The molecule has 7 heteroatoms. The van der Waals surface area contributed by atoms with Crippen LogP contribution in [0.25, 0.3) is 0 Å². The molecule has 0 saturated carbocycles. The number of benzene rings is 1. The van der Waals surface area contributed by atoms with Crippen molar-refractivity contribution in [2.75, 3.05) is 6.54 Å². The van der Waals surface area contributed by atoms with Gasteiger partial charge in [0.15, 0.2) is 0 Å². The van der Waals surface area contributed by atoms with Crippen LogP contribution < -0.4 is 5.32 Å². The molecule has 1 fully saturated rings. The predicted molar refractivity (Wildman–Crippen MR) is 95.9 cm³/mol. The van der Waals surface area contributed by atoms with Gasteiger partial charge in [-0.15, -0.1) is 0 Å². The molecule has 0 spiro atoms. The molecule has 0 unspecified atom stereocenters. The minimum absolute atomic E-state index is 0.0399. The summed E-state index contributed by atoms with van der Waals surface area (Å²) in [7, 11) is 0. The Kier molecular flexibility index (Phi) is 5.36. The third-order valence-electron chi connectivity index (χ3n) is 4.54. The predicted octanol–water partition coefficient (Wildman–Crippen LogP) is 1.97. The lowest BCUT2D eigenvalue weighted by Crippen LogP contribution is -2.49. The van der Waals surface area contributed by atoms with Gasteiger partial charge in [-0.05, 0) is 52.3 Å². The lowest BCUT2D eigenvalue weighted by molar-refractivity contribution is -0.141. The Morgan fingerprint density at radius 1 is 1.27 bits per heavy atom. The zero-order chi connectivity index (χ0) is 19.6. The van der Waals surface area contributed by atoms with Gasteiger partial charge in [0.2, 0.25) is 5.91 Å². The molecular weight excluding hydrogens is 332 g/mol. The first-order valence-electron chi connectivity index (χ1n) is 8.57. The van der Waals surface area contributed by atoms with Gasteiger partial charge in [-0.25, -0.2) is 4.79 Å². The van der Waals surface area contributed by atoms with Gasteiger partial charge in [0, 0.05) is 12.1 Å². The molecule has 4 amide bonds. The molecule has 26 heavy (non-hydrogen) atoms. The molecule has 1 aliphatic rings. The van der Waals surface area contributed by atoms with E-state index in [1.165, 1.54) is 0 Å². The summed E-state index contributed by atoms with van der Waals surface area (Å²) in [6.07, 6.45) is 0. The second-order valence-electron chi connectivity index (χ2n) is 7.13. The Labute approximate surface area is 153 Å². The van der Waals surface area contributed by atoms with E-state index < -0.39 is 17.5 Å². The maximum atomic E-state index is 12.9. The topological polar surface area (TPSA) is 93.5 Å². The van der Waals surface area contributed by atoms with Gasteiger partial charge in [-0.1, -0.05) is 12.1 Å². The largest absolute Gasteiger partial charge is 0.336 e. The van der Waals surface area contributed by atoms with Gasteiger partial charge >= 0.3 is 6.03 Å². The van der Waals surface area contributed by atoms with Crippen molar-refractivity contribution >= 4 is 17.8 Å².